The third kappa shape index (κ3) is 4.27. The standard InChI is InChI=1S/C27H37N3O/c1-8-30(9-2)26(31)27(6,7)21-10-11-23-22(15-21)24(19(5)16-28)25(29-23)20-13-17(3)12-18(4)14-20/h10-15,19,29H,8-9,16,28H2,1-7H3/t19-/m1/s1. The first-order valence-corrected chi connectivity index (χ1v) is 11.4. The van der Waals surface area contributed by atoms with Crippen molar-refractivity contribution in [3.8, 4) is 11.3 Å². The van der Waals surface area contributed by atoms with E-state index < -0.39 is 5.41 Å². The number of aromatic nitrogens is 1. The van der Waals surface area contributed by atoms with Crippen LogP contribution in [0.4, 0.5) is 0 Å². The van der Waals surface area contributed by atoms with Crippen molar-refractivity contribution in [2.75, 3.05) is 19.6 Å². The number of aromatic amines is 1. The number of fused-ring (bicyclic) bond motifs is 1. The topological polar surface area (TPSA) is 62.1 Å². The molecular formula is C27H37N3O. The molecule has 3 N–H and O–H groups in total. The normalized spacial score (nSPS) is 12.9. The Bertz CT molecular complexity index is 1070. The number of H-pyrrole nitrogens is 1. The van der Waals surface area contributed by atoms with E-state index in [1.165, 1.54) is 22.3 Å². The first-order valence-electron chi connectivity index (χ1n) is 11.4. The molecule has 3 rings (SSSR count). The van der Waals surface area contributed by atoms with E-state index >= 15 is 0 Å². The predicted molar refractivity (Wildman–Crippen MR) is 132 cm³/mol. The zero-order valence-electron chi connectivity index (χ0n) is 20.1. The van der Waals surface area contributed by atoms with E-state index in [1.54, 1.807) is 0 Å². The number of aryl methyl sites for hydroxylation is 2. The van der Waals surface area contributed by atoms with Crippen LogP contribution in [0.25, 0.3) is 22.2 Å². The van der Waals surface area contributed by atoms with Gasteiger partial charge in [0.2, 0.25) is 5.91 Å². The highest BCUT2D eigenvalue weighted by Gasteiger charge is 2.33. The number of likely N-dealkylation sites (N-methyl/N-ethyl adjacent to an activating group) is 1. The summed E-state index contributed by atoms with van der Waals surface area (Å²) in [5.41, 5.74) is 13.7. The highest BCUT2D eigenvalue weighted by molar-refractivity contribution is 5.94. The lowest BCUT2D eigenvalue weighted by molar-refractivity contribution is -0.135. The van der Waals surface area contributed by atoms with Crippen molar-refractivity contribution in [3.63, 3.8) is 0 Å². The molecule has 4 heteroatoms. The van der Waals surface area contributed by atoms with E-state index in [9.17, 15) is 4.79 Å². The van der Waals surface area contributed by atoms with E-state index in [0.717, 1.165) is 35.2 Å². The quantitative estimate of drug-likeness (QED) is 0.519. The zero-order chi connectivity index (χ0) is 22.9. The largest absolute Gasteiger partial charge is 0.354 e. The van der Waals surface area contributed by atoms with Crippen LogP contribution >= 0.6 is 0 Å². The van der Waals surface area contributed by atoms with Crippen molar-refractivity contribution in [3.05, 3.63) is 58.7 Å². The van der Waals surface area contributed by atoms with Gasteiger partial charge in [0.25, 0.3) is 0 Å². The van der Waals surface area contributed by atoms with Crippen molar-refractivity contribution in [2.24, 2.45) is 5.73 Å². The van der Waals surface area contributed by atoms with Gasteiger partial charge in [-0.25, -0.2) is 0 Å². The van der Waals surface area contributed by atoms with Gasteiger partial charge in [-0.2, -0.15) is 0 Å². The number of carbonyl (C=O) groups excluding carboxylic acids is 1. The molecule has 0 aliphatic heterocycles. The molecule has 2 aromatic carbocycles. The van der Waals surface area contributed by atoms with Crippen LogP contribution in [-0.2, 0) is 10.2 Å². The van der Waals surface area contributed by atoms with E-state index in [1.807, 2.05) is 32.6 Å². The maximum Gasteiger partial charge on any atom is 0.232 e. The van der Waals surface area contributed by atoms with Gasteiger partial charge in [0.15, 0.2) is 0 Å². The number of rotatable bonds is 7. The minimum absolute atomic E-state index is 0.162. The van der Waals surface area contributed by atoms with Gasteiger partial charge in [-0.15, -0.1) is 0 Å². The number of hydrogen-bond acceptors (Lipinski definition) is 2. The number of carbonyl (C=O) groups is 1. The molecule has 0 saturated heterocycles. The summed E-state index contributed by atoms with van der Waals surface area (Å²) in [7, 11) is 0. The number of nitrogens with zero attached hydrogens (tertiary/aromatic N) is 1. The van der Waals surface area contributed by atoms with Crippen molar-refractivity contribution in [1.82, 2.24) is 9.88 Å². The van der Waals surface area contributed by atoms with Crippen LogP contribution in [0.1, 0.15) is 62.8 Å². The molecule has 1 aromatic heterocycles. The zero-order valence-corrected chi connectivity index (χ0v) is 20.1. The Morgan fingerprint density at radius 2 is 1.68 bits per heavy atom. The van der Waals surface area contributed by atoms with Gasteiger partial charge in [0.1, 0.15) is 0 Å². The van der Waals surface area contributed by atoms with Crippen LogP contribution in [0.3, 0.4) is 0 Å². The summed E-state index contributed by atoms with van der Waals surface area (Å²) in [6.07, 6.45) is 0. The lowest BCUT2D eigenvalue weighted by Crippen LogP contribution is -2.43. The first kappa shape index (κ1) is 23.1. The van der Waals surface area contributed by atoms with Crippen molar-refractivity contribution in [2.45, 2.75) is 59.8 Å². The van der Waals surface area contributed by atoms with Gasteiger partial charge >= 0.3 is 0 Å². The van der Waals surface area contributed by atoms with Crippen LogP contribution in [0.5, 0.6) is 0 Å². The Balaban J connectivity index is 2.21. The molecule has 0 aliphatic carbocycles. The van der Waals surface area contributed by atoms with Crippen molar-refractivity contribution < 1.29 is 4.79 Å². The Kier molecular flexibility index (Phi) is 6.61. The van der Waals surface area contributed by atoms with E-state index in [-0.39, 0.29) is 11.8 Å². The molecule has 0 radical (unpaired) electrons. The van der Waals surface area contributed by atoms with E-state index in [2.05, 4.69) is 62.2 Å². The van der Waals surface area contributed by atoms with Crippen LogP contribution < -0.4 is 5.73 Å². The second-order valence-electron chi connectivity index (χ2n) is 9.29. The number of nitrogens with two attached hydrogens (primary N) is 1. The Labute approximate surface area is 186 Å². The van der Waals surface area contributed by atoms with Gasteiger partial charge < -0.3 is 15.6 Å². The molecule has 1 atom stereocenters. The SMILES string of the molecule is CCN(CC)C(=O)C(C)(C)c1ccc2[nH]c(-c3cc(C)cc(C)c3)c([C@H](C)CN)c2c1. The summed E-state index contributed by atoms with van der Waals surface area (Å²) in [5.74, 6) is 0.358. The fourth-order valence-corrected chi connectivity index (χ4v) is 4.61. The third-order valence-electron chi connectivity index (χ3n) is 6.50. The van der Waals surface area contributed by atoms with Gasteiger partial charge in [0.05, 0.1) is 11.1 Å². The van der Waals surface area contributed by atoms with Gasteiger partial charge in [-0.3, -0.25) is 4.79 Å². The molecule has 0 aliphatic rings. The molecule has 0 spiro atoms. The summed E-state index contributed by atoms with van der Waals surface area (Å²) in [6.45, 7) is 16.6. The van der Waals surface area contributed by atoms with Gasteiger partial charge in [-0.05, 0) is 95.0 Å². The summed E-state index contributed by atoms with van der Waals surface area (Å²) in [4.78, 5) is 18.8. The van der Waals surface area contributed by atoms with E-state index in [0.29, 0.717) is 6.54 Å². The third-order valence-corrected chi connectivity index (χ3v) is 6.50. The van der Waals surface area contributed by atoms with E-state index in [4.69, 9.17) is 5.73 Å². The van der Waals surface area contributed by atoms with Crippen molar-refractivity contribution >= 4 is 16.8 Å². The number of hydrogen-bond donors (Lipinski definition) is 2. The molecule has 4 nitrogen and oxygen atoms in total. The second-order valence-corrected chi connectivity index (χ2v) is 9.29. The predicted octanol–water partition coefficient (Wildman–Crippen LogP) is 5.66. The lowest BCUT2D eigenvalue weighted by Gasteiger charge is -2.31. The van der Waals surface area contributed by atoms with Crippen LogP contribution in [0.2, 0.25) is 0 Å². The van der Waals surface area contributed by atoms with Gasteiger partial charge in [-0.1, -0.05) is 30.2 Å². The Morgan fingerprint density at radius 3 is 2.23 bits per heavy atom. The van der Waals surface area contributed by atoms with Gasteiger partial charge in [0, 0.05) is 24.0 Å². The minimum Gasteiger partial charge on any atom is -0.354 e. The molecular weight excluding hydrogens is 382 g/mol. The second kappa shape index (κ2) is 8.88. The number of nitrogens with one attached hydrogen (secondary N) is 1. The molecule has 3 aromatic rings. The molecule has 1 amide bonds. The molecule has 1 heterocycles. The van der Waals surface area contributed by atoms with Crippen LogP contribution in [-0.4, -0.2) is 35.4 Å². The maximum absolute atomic E-state index is 13.2. The molecule has 0 unspecified atom stereocenters. The average Bonchev–Trinajstić information content (AvgIpc) is 3.12. The summed E-state index contributed by atoms with van der Waals surface area (Å²) in [6, 6.07) is 13.0. The average molecular weight is 420 g/mol. The molecule has 31 heavy (non-hydrogen) atoms. The summed E-state index contributed by atoms with van der Waals surface area (Å²) < 4.78 is 0. The Hall–Kier alpha value is -2.59. The number of amides is 1. The highest BCUT2D eigenvalue weighted by atomic mass is 16.2. The summed E-state index contributed by atoms with van der Waals surface area (Å²) in [5, 5.41) is 1.16. The highest BCUT2D eigenvalue weighted by Crippen LogP contribution is 2.38. The monoisotopic (exact) mass is 419 g/mol. The molecule has 0 saturated carbocycles. The summed E-state index contributed by atoms with van der Waals surface area (Å²) >= 11 is 0. The first-order chi connectivity index (χ1) is 14.6. The number of benzene rings is 2. The fraction of sp³-hybridized carbons (Fsp3) is 0.444. The maximum atomic E-state index is 13.2. The molecule has 0 fully saturated rings. The Morgan fingerprint density at radius 1 is 1.06 bits per heavy atom. The minimum atomic E-state index is -0.596. The smallest absolute Gasteiger partial charge is 0.232 e. The lowest BCUT2D eigenvalue weighted by atomic mass is 9.81. The van der Waals surface area contributed by atoms with Crippen molar-refractivity contribution in [1.29, 1.82) is 0 Å². The molecule has 0 bridgehead atoms. The fourth-order valence-electron chi connectivity index (χ4n) is 4.61. The van der Waals surface area contributed by atoms with Crippen LogP contribution in [0, 0.1) is 13.8 Å². The molecule has 166 valence electrons. The van der Waals surface area contributed by atoms with Crippen LogP contribution in [0.15, 0.2) is 36.4 Å².